The summed E-state index contributed by atoms with van der Waals surface area (Å²) in [6, 6.07) is 9.61. The zero-order chi connectivity index (χ0) is 16.7. The Morgan fingerprint density at radius 1 is 1.14 bits per heavy atom. The molecule has 0 saturated heterocycles. The first-order valence-corrected chi connectivity index (χ1v) is 8.34. The van der Waals surface area contributed by atoms with Crippen molar-refractivity contribution in [3.8, 4) is 0 Å². The molecule has 1 saturated carbocycles. The second-order valence-electron chi connectivity index (χ2n) is 8.28. The molecule has 1 aromatic rings. The van der Waals surface area contributed by atoms with Crippen molar-refractivity contribution in [1.29, 1.82) is 0 Å². The van der Waals surface area contributed by atoms with Crippen LogP contribution in [0.1, 0.15) is 53.0 Å². The Kier molecular flexibility index (Phi) is 4.65. The average Bonchev–Trinajstić information content (AvgIpc) is 2.73. The number of hydrogen-bond donors (Lipinski definition) is 0. The standard InChI is InChI=1S/C19H29NO2/c1-12(2)15-13(3)17(19(4,5)6)18(20(21)22)16(15)14-10-8-7-9-11-14/h7-13,15-18H,1-6H3/t13?,15-,16?,17?,18?/m1/s1. The first-order chi connectivity index (χ1) is 10.2. The Labute approximate surface area is 134 Å². The van der Waals surface area contributed by atoms with Gasteiger partial charge >= 0.3 is 0 Å². The third-order valence-corrected chi connectivity index (χ3v) is 5.52. The first kappa shape index (κ1) is 17.0. The molecule has 4 unspecified atom stereocenters. The number of benzene rings is 1. The zero-order valence-corrected chi connectivity index (χ0v) is 14.6. The summed E-state index contributed by atoms with van der Waals surface area (Å²) in [5.74, 6) is 1.24. The van der Waals surface area contributed by atoms with Crippen LogP contribution in [0.2, 0.25) is 0 Å². The fourth-order valence-corrected chi connectivity index (χ4v) is 5.01. The molecule has 0 heterocycles. The lowest BCUT2D eigenvalue weighted by molar-refractivity contribution is -0.536. The third-order valence-electron chi connectivity index (χ3n) is 5.52. The molecule has 0 bridgehead atoms. The molecule has 1 aliphatic carbocycles. The smallest absolute Gasteiger partial charge is 0.223 e. The van der Waals surface area contributed by atoms with Gasteiger partial charge in [0.2, 0.25) is 6.04 Å². The summed E-state index contributed by atoms with van der Waals surface area (Å²) in [4.78, 5) is 12.0. The van der Waals surface area contributed by atoms with E-state index in [0.29, 0.717) is 17.8 Å². The van der Waals surface area contributed by atoms with Crippen LogP contribution in [-0.2, 0) is 0 Å². The van der Waals surface area contributed by atoms with Crippen LogP contribution in [0.25, 0.3) is 0 Å². The summed E-state index contributed by atoms with van der Waals surface area (Å²) in [5.41, 5.74) is 1.06. The number of nitro groups is 1. The minimum absolute atomic E-state index is 0.00748. The van der Waals surface area contributed by atoms with Crippen LogP contribution in [0.15, 0.2) is 30.3 Å². The van der Waals surface area contributed by atoms with Gasteiger partial charge in [0.25, 0.3) is 0 Å². The van der Waals surface area contributed by atoms with Crippen LogP contribution in [-0.4, -0.2) is 11.0 Å². The molecule has 22 heavy (non-hydrogen) atoms. The van der Waals surface area contributed by atoms with E-state index >= 15 is 0 Å². The highest BCUT2D eigenvalue weighted by Crippen LogP contribution is 2.56. The maximum atomic E-state index is 12.0. The van der Waals surface area contributed by atoms with E-state index in [1.54, 1.807) is 0 Å². The lowest BCUT2D eigenvalue weighted by Crippen LogP contribution is -2.38. The number of rotatable bonds is 3. The van der Waals surface area contributed by atoms with Gasteiger partial charge in [0, 0.05) is 10.8 Å². The molecule has 3 heteroatoms. The maximum Gasteiger partial charge on any atom is 0.223 e. The largest absolute Gasteiger partial charge is 0.264 e. The summed E-state index contributed by atoms with van der Waals surface area (Å²) in [5, 5.41) is 12.0. The Morgan fingerprint density at radius 3 is 2.09 bits per heavy atom. The molecule has 3 nitrogen and oxygen atoms in total. The third kappa shape index (κ3) is 2.90. The number of nitrogens with zero attached hydrogens (tertiary/aromatic N) is 1. The van der Waals surface area contributed by atoms with Crippen LogP contribution in [0.3, 0.4) is 0 Å². The van der Waals surface area contributed by atoms with Crippen molar-refractivity contribution in [2.24, 2.45) is 29.1 Å². The second kappa shape index (κ2) is 6.02. The van der Waals surface area contributed by atoms with E-state index in [1.165, 1.54) is 0 Å². The Bertz CT molecular complexity index is 518. The van der Waals surface area contributed by atoms with Crippen LogP contribution >= 0.6 is 0 Å². The van der Waals surface area contributed by atoms with E-state index in [1.807, 2.05) is 18.2 Å². The topological polar surface area (TPSA) is 43.1 Å². The summed E-state index contributed by atoms with van der Waals surface area (Å²) >= 11 is 0. The molecule has 1 aromatic carbocycles. The van der Waals surface area contributed by atoms with Gasteiger partial charge in [-0.1, -0.05) is 71.9 Å². The van der Waals surface area contributed by atoms with Crippen molar-refractivity contribution < 1.29 is 4.92 Å². The normalized spacial score (nSPS) is 32.4. The number of hydrogen-bond acceptors (Lipinski definition) is 2. The monoisotopic (exact) mass is 303 g/mol. The van der Waals surface area contributed by atoms with E-state index in [0.717, 1.165) is 5.56 Å². The molecule has 0 spiro atoms. The van der Waals surface area contributed by atoms with Gasteiger partial charge < -0.3 is 0 Å². The molecule has 0 N–H and O–H groups in total. The van der Waals surface area contributed by atoms with E-state index < -0.39 is 6.04 Å². The van der Waals surface area contributed by atoms with Crippen LogP contribution in [0.4, 0.5) is 0 Å². The molecule has 0 radical (unpaired) electrons. The van der Waals surface area contributed by atoms with Crippen molar-refractivity contribution in [3.05, 3.63) is 46.0 Å². The van der Waals surface area contributed by atoms with E-state index in [9.17, 15) is 10.1 Å². The molecular formula is C19H29NO2. The molecule has 5 atom stereocenters. The van der Waals surface area contributed by atoms with Crippen LogP contribution in [0.5, 0.6) is 0 Å². The van der Waals surface area contributed by atoms with Crippen molar-refractivity contribution in [2.75, 3.05) is 0 Å². The van der Waals surface area contributed by atoms with Gasteiger partial charge in [-0.25, -0.2) is 0 Å². The van der Waals surface area contributed by atoms with E-state index in [-0.39, 0.29) is 22.2 Å². The lowest BCUT2D eigenvalue weighted by atomic mass is 9.71. The Balaban J connectivity index is 2.57. The molecule has 1 aliphatic rings. The van der Waals surface area contributed by atoms with Crippen molar-refractivity contribution in [1.82, 2.24) is 0 Å². The van der Waals surface area contributed by atoms with Gasteiger partial charge in [-0.05, 0) is 28.7 Å². The second-order valence-corrected chi connectivity index (χ2v) is 8.28. The van der Waals surface area contributed by atoms with E-state index in [4.69, 9.17) is 0 Å². The average molecular weight is 303 g/mol. The maximum absolute atomic E-state index is 12.0. The van der Waals surface area contributed by atoms with Crippen molar-refractivity contribution in [2.45, 2.75) is 53.5 Å². The van der Waals surface area contributed by atoms with Gasteiger partial charge in [0.05, 0.1) is 5.92 Å². The first-order valence-electron chi connectivity index (χ1n) is 8.34. The quantitative estimate of drug-likeness (QED) is 0.582. The van der Waals surface area contributed by atoms with Gasteiger partial charge in [-0.15, -0.1) is 0 Å². The zero-order valence-electron chi connectivity index (χ0n) is 14.6. The highest BCUT2D eigenvalue weighted by atomic mass is 16.6. The van der Waals surface area contributed by atoms with E-state index in [2.05, 4.69) is 53.7 Å². The fraction of sp³-hybridized carbons (Fsp3) is 0.684. The van der Waals surface area contributed by atoms with Crippen LogP contribution in [0, 0.1) is 39.2 Å². The lowest BCUT2D eigenvalue weighted by Gasteiger charge is -2.32. The summed E-state index contributed by atoms with van der Waals surface area (Å²) in [6.07, 6.45) is 0. The molecular weight excluding hydrogens is 274 g/mol. The predicted octanol–water partition coefficient (Wildman–Crippen LogP) is 5.00. The minimum atomic E-state index is -0.496. The summed E-state index contributed by atoms with van der Waals surface area (Å²) < 4.78 is 0. The van der Waals surface area contributed by atoms with Crippen molar-refractivity contribution >= 4 is 0 Å². The fourth-order valence-electron chi connectivity index (χ4n) is 5.01. The van der Waals surface area contributed by atoms with Gasteiger partial charge in [0.15, 0.2) is 0 Å². The molecule has 122 valence electrons. The van der Waals surface area contributed by atoms with Gasteiger partial charge in [0.1, 0.15) is 0 Å². The molecule has 2 rings (SSSR count). The van der Waals surface area contributed by atoms with Gasteiger partial charge in [-0.3, -0.25) is 10.1 Å². The molecule has 0 aromatic heterocycles. The van der Waals surface area contributed by atoms with Crippen LogP contribution < -0.4 is 0 Å². The Morgan fingerprint density at radius 2 is 1.68 bits per heavy atom. The summed E-state index contributed by atoms with van der Waals surface area (Å²) in [7, 11) is 0. The SMILES string of the molecule is CC(C)[C@@H]1C(C)C(C(C)(C)C)C([N+](=O)[O-])C1c1ccccc1. The molecule has 1 fully saturated rings. The molecule has 0 amide bonds. The Hall–Kier alpha value is -1.38. The predicted molar refractivity (Wildman–Crippen MR) is 90.4 cm³/mol. The highest BCUT2D eigenvalue weighted by molar-refractivity contribution is 5.25. The molecule has 0 aliphatic heterocycles. The highest BCUT2D eigenvalue weighted by Gasteiger charge is 2.59. The minimum Gasteiger partial charge on any atom is -0.264 e. The van der Waals surface area contributed by atoms with Crippen molar-refractivity contribution in [3.63, 3.8) is 0 Å². The van der Waals surface area contributed by atoms with Gasteiger partial charge in [-0.2, -0.15) is 0 Å². The summed E-state index contributed by atoms with van der Waals surface area (Å²) in [6.45, 7) is 13.1.